The quantitative estimate of drug-likeness (QED) is 0.894. The van der Waals surface area contributed by atoms with Crippen molar-refractivity contribution in [1.82, 2.24) is 0 Å². The van der Waals surface area contributed by atoms with Gasteiger partial charge in [0.1, 0.15) is 0 Å². The van der Waals surface area contributed by atoms with E-state index in [0.717, 1.165) is 16.8 Å². The van der Waals surface area contributed by atoms with Gasteiger partial charge in [0.05, 0.1) is 12.5 Å². The Balaban J connectivity index is 2.17. The van der Waals surface area contributed by atoms with Gasteiger partial charge in [-0.1, -0.05) is 12.1 Å². The summed E-state index contributed by atoms with van der Waals surface area (Å²) in [4.78, 5) is 1.80. The van der Waals surface area contributed by atoms with Crippen LogP contribution >= 0.6 is 0 Å². The van der Waals surface area contributed by atoms with Gasteiger partial charge in [0.2, 0.25) is 0 Å². The standard InChI is InChI=1S/C14H18F3NO/c1-10-7-11(9-19)4-5-13(10)18-6-2-3-12(8-18)14(15,16)17/h4-5,7,12,19H,2-3,6,8-9H2,1H3. The third-order valence-electron chi connectivity index (χ3n) is 3.67. The van der Waals surface area contributed by atoms with Gasteiger partial charge in [0, 0.05) is 18.8 Å². The number of hydrogen-bond acceptors (Lipinski definition) is 2. The number of aliphatic hydroxyl groups excluding tert-OH is 1. The van der Waals surface area contributed by atoms with Crippen molar-refractivity contribution in [2.45, 2.75) is 32.5 Å². The van der Waals surface area contributed by atoms with Crippen molar-refractivity contribution in [3.8, 4) is 0 Å². The average Bonchev–Trinajstić information content (AvgIpc) is 2.37. The van der Waals surface area contributed by atoms with E-state index in [1.54, 1.807) is 17.0 Å². The summed E-state index contributed by atoms with van der Waals surface area (Å²) in [6.07, 6.45) is -3.34. The second-order valence-electron chi connectivity index (χ2n) is 5.11. The van der Waals surface area contributed by atoms with E-state index < -0.39 is 12.1 Å². The first-order valence-corrected chi connectivity index (χ1v) is 6.44. The molecular formula is C14H18F3NO. The van der Waals surface area contributed by atoms with Crippen molar-refractivity contribution in [1.29, 1.82) is 0 Å². The Hall–Kier alpha value is -1.23. The van der Waals surface area contributed by atoms with E-state index in [0.29, 0.717) is 13.0 Å². The summed E-state index contributed by atoms with van der Waals surface area (Å²) in [6.45, 7) is 2.51. The lowest BCUT2D eigenvalue weighted by atomic mass is 9.96. The minimum atomic E-state index is -4.11. The first-order chi connectivity index (χ1) is 8.91. The van der Waals surface area contributed by atoms with Crippen LogP contribution in [-0.4, -0.2) is 24.4 Å². The predicted octanol–water partition coefficient (Wildman–Crippen LogP) is 3.27. The zero-order valence-corrected chi connectivity index (χ0v) is 10.9. The van der Waals surface area contributed by atoms with Crippen molar-refractivity contribution >= 4 is 5.69 Å². The number of hydrogen-bond donors (Lipinski definition) is 1. The van der Waals surface area contributed by atoms with Gasteiger partial charge in [-0.25, -0.2) is 0 Å². The van der Waals surface area contributed by atoms with Crippen molar-refractivity contribution in [3.63, 3.8) is 0 Å². The van der Waals surface area contributed by atoms with Gasteiger partial charge in [-0.3, -0.25) is 0 Å². The van der Waals surface area contributed by atoms with E-state index in [-0.39, 0.29) is 19.6 Å². The molecule has 1 aromatic rings. The van der Waals surface area contributed by atoms with E-state index >= 15 is 0 Å². The Morgan fingerprint density at radius 3 is 2.68 bits per heavy atom. The van der Waals surface area contributed by atoms with E-state index in [1.165, 1.54) is 0 Å². The van der Waals surface area contributed by atoms with Crippen molar-refractivity contribution < 1.29 is 18.3 Å². The number of piperidine rings is 1. The number of alkyl halides is 3. The van der Waals surface area contributed by atoms with Gasteiger partial charge in [-0.05, 0) is 37.0 Å². The van der Waals surface area contributed by atoms with Crippen molar-refractivity contribution in [2.24, 2.45) is 5.92 Å². The molecule has 1 aromatic carbocycles. The molecular weight excluding hydrogens is 255 g/mol. The third-order valence-corrected chi connectivity index (χ3v) is 3.67. The van der Waals surface area contributed by atoms with Crippen LogP contribution in [0.5, 0.6) is 0 Å². The van der Waals surface area contributed by atoms with Crippen LogP contribution < -0.4 is 4.90 Å². The largest absolute Gasteiger partial charge is 0.393 e. The minimum absolute atomic E-state index is 0.0306. The summed E-state index contributed by atoms with van der Waals surface area (Å²) in [6, 6.07) is 5.39. The summed E-state index contributed by atoms with van der Waals surface area (Å²) in [5.41, 5.74) is 2.53. The molecule has 1 saturated heterocycles. The summed E-state index contributed by atoms with van der Waals surface area (Å²) < 4.78 is 38.4. The summed E-state index contributed by atoms with van der Waals surface area (Å²) >= 11 is 0. The Bertz CT molecular complexity index is 445. The van der Waals surface area contributed by atoms with Crippen LogP contribution in [0.1, 0.15) is 24.0 Å². The molecule has 1 aliphatic rings. The molecule has 1 unspecified atom stereocenters. The number of halogens is 3. The molecule has 0 aliphatic carbocycles. The van der Waals surface area contributed by atoms with Crippen LogP contribution in [0.4, 0.5) is 18.9 Å². The molecule has 19 heavy (non-hydrogen) atoms. The van der Waals surface area contributed by atoms with E-state index in [9.17, 15) is 13.2 Å². The molecule has 0 amide bonds. The number of aryl methyl sites for hydroxylation is 1. The van der Waals surface area contributed by atoms with Gasteiger partial charge in [0.25, 0.3) is 0 Å². The predicted molar refractivity (Wildman–Crippen MR) is 68.1 cm³/mol. The Morgan fingerprint density at radius 1 is 1.37 bits per heavy atom. The van der Waals surface area contributed by atoms with Crippen LogP contribution in [0.2, 0.25) is 0 Å². The van der Waals surface area contributed by atoms with Crippen LogP contribution in [-0.2, 0) is 6.61 Å². The van der Waals surface area contributed by atoms with Crippen LogP contribution in [0, 0.1) is 12.8 Å². The minimum Gasteiger partial charge on any atom is -0.392 e. The van der Waals surface area contributed by atoms with Crippen molar-refractivity contribution in [2.75, 3.05) is 18.0 Å². The zero-order valence-electron chi connectivity index (χ0n) is 10.9. The third kappa shape index (κ3) is 3.21. The molecule has 1 fully saturated rings. The maximum atomic E-state index is 12.8. The first-order valence-electron chi connectivity index (χ1n) is 6.44. The molecule has 0 radical (unpaired) electrons. The zero-order chi connectivity index (χ0) is 14.0. The molecule has 1 atom stereocenters. The monoisotopic (exact) mass is 273 g/mol. The molecule has 2 rings (SSSR count). The molecule has 1 heterocycles. The Morgan fingerprint density at radius 2 is 2.11 bits per heavy atom. The lowest BCUT2D eigenvalue weighted by Gasteiger charge is -2.36. The lowest BCUT2D eigenvalue weighted by Crippen LogP contribution is -2.42. The molecule has 106 valence electrons. The van der Waals surface area contributed by atoms with Crippen molar-refractivity contribution in [3.05, 3.63) is 29.3 Å². The second-order valence-corrected chi connectivity index (χ2v) is 5.11. The molecule has 0 bridgehead atoms. The molecule has 5 heteroatoms. The number of anilines is 1. The van der Waals surface area contributed by atoms with Crippen LogP contribution in [0.15, 0.2) is 18.2 Å². The molecule has 1 aliphatic heterocycles. The highest BCUT2D eigenvalue weighted by molar-refractivity contribution is 5.54. The number of nitrogens with zero attached hydrogens (tertiary/aromatic N) is 1. The first kappa shape index (κ1) is 14.2. The van der Waals surface area contributed by atoms with Gasteiger partial charge in [-0.2, -0.15) is 13.2 Å². The molecule has 0 aromatic heterocycles. The van der Waals surface area contributed by atoms with Gasteiger partial charge < -0.3 is 10.0 Å². The Labute approximate surface area is 110 Å². The molecule has 1 N–H and O–H groups in total. The summed E-state index contributed by atoms with van der Waals surface area (Å²) in [5, 5.41) is 9.05. The molecule has 0 saturated carbocycles. The number of benzene rings is 1. The average molecular weight is 273 g/mol. The highest BCUT2D eigenvalue weighted by Gasteiger charge is 2.41. The summed E-state index contributed by atoms with van der Waals surface area (Å²) in [5.74, 6) is -1.24. The van der Waals surface area contributed by atoms with Gasteiger partial charge in [-0.15, -0.1) is 0 Å². The van der Waals surface area contributed by atoms with Gasteiger partial charge in [0.15, 0.2) is 0 Å². The smallest absolute Gasteiger partial charge is 0.392 e. The van der Waals surface area contributed by atoms with Gasteiger partial charge >= 0.3 is 6.18 Å². The number of rotatable bonds is 2. The highest BCUT2D eigenvalue weighted by Crippen LogP contribution is 2.35. The second kappa shape index (κ2) is 5.41. The maximum Gasteiger partial charge on any atom is 0.393 e. The topological polar surface area (TPSA) is 23.5 Å². The highest BCUT2D eigenvalue weighted by atomic mass is 19.4. The fourth-order valence-corrected chi connectivity index (χ4v) is 2.63. The van der Waals surface area contributed by atoms with E-state index in [4.69, 9.17) is 5.11 Å². The molecule has 2 nitrogen and oxygen atoms in total. The Kier molecular flexibility index (Phi) is 4.04. The normalized spacial score (nSPS) is 20.7. The fraction of sp³-hybridized carbons (Fsp3) is 0.571. The van der Waals surface area contributed by atoms with E-state index in [1.807, 2.05) is 13.0 Å². The van der Waals surface area contributed by atoms with Crippen LogP contribution in [0.3, 0.4) is 0 Å². The lowest BCUT2D eigenvalue weighted by molar-refractivity contribution is -0.176. The van der Waals surface area contributed by atoms with E-state index in [2.05, 4.69) is 0 Å². The van der Waals surface area contributed by atoms with Crippen LogP contribution in [0.25, 0.3) is 0 Å². The number of aliphatic hydroxyl groups is 1. The summed E-state index contributed by atoms with van der Waals surface area (Å²) in [7, 11) is 0. The fourth-order valence-electron chi connectivity index (χ4n) is 2.63. The SMILES string of the molecule is Cc1cc(CO)ccc1N1CCCC(C(F)(F)F)C1. The maximum absolute atomic E-state index is 12.8. The molecule has 0 spiro atoms.